The summed E-state index contributed by atoms with van der Waals surface area (Å²) >= 11 is 0. The molecule has 2 aromatic rings. The normalized spacial score (nSPS) is 13.6. The van der Waals surface area contributed by atoms with Crippen molar-refractivity contribution >= 4 is 23.1 Å². The molecule has 0 fully saturated rings. The molecule has 1 aliphatic rings. The summed E-state index contributed by atoms with van der Waals surface area (Å²) in [6.07, 6.45) is 0. The molecule has 0 saturated carbocycles. The third-order valence-corrected chi connectivity index (χ3v) is 4.95. The van der Waals surface area contributed by atoms with Gasteiger partial charge in [-0.15, -0.1) is 0 Å². The lowest BCUT2D eigenvalue weighted by atomic mass is 10.0. The Labute approximate surface area is 181 Å². The fraction of sp³-hybridized carbons (Fsp3) is 0.304. The van der Waals surface area contributed by atoms with Gasteiger partial charge in [-0.25, -0.2) is 4.90 Å². The average molecular weight is 426 g/mol. The van der Waals surface area contributed by atoms with Gasteiger partial charge in [0.1, 0.15) is 11.4 Å². The molecule has 164 valence electrons. The van der Waals surface area contributed by atoms with Gasteiger partial charge in [0.25, 0.3) is 11.8 Å². The van der Waals surface area contributed by atoms with Crippen molar-refractivity contribution < 1.29 is 28.9 Å². The number of amides is 2. The van der Waals surface area contributed by atoms with Crippen LogP contribution < -0.4 is 19.1 Å². The van der Waals surface area contributed by atoms with Crippen LogP contribution in [0, 0.1) is 0 Å². The number of para-hydroxylation sites is 2. The number of hydrogen-bond acceptors (Lipinski definition) is 7. The molecule has 0 unspecified atom stereocenters. The zero-order chi connectivity index (χ0) is 22.5. The lowest BCUT2D eigenvalue weighted by molar-refractivity contribution is -0.120. The fourth-order valence-corrected chi connectivity index (χ4v) is 3.52. The van der Waals surface area contributed by atoms with Crippen LogP contribution in [0.25, 0.3) is 5.57 Å². The van der Waals surface area contributed by atoms with Gasteiger partial charge < -0.3 is 24.2 Å². The van der Waals surface area contributed by atoms with E-state index in [0.717, 1.165) is 4.90 Å². The molecule has 0 atom stereocenters. The Morgan fingerprint density at radius 3 is 2.32 bits per heavy atom. The largest absolute Gasteiger partial charge is 0.493 e. The van der Waals surface area contributed by atoms with E-state index < -0.39 is 11.8 Å². The third kappa shape index (κ3) is 4.06. The Balaban J connectivity index is 2.17. The smallest absolute Gasteiger partial charge is 0.282 e. The number of methoxy groups -OCH3 is 2. The molecule has 0 aromatic heterocycles. The van der Waals surface area contributed by atoms with Crippen LogP contribution in [-0.4, -0.2) is 62.8 Å². The van der Waals surface area contributed by atoms with Gasteiger partial charge in [-0.2, -0.15) is 0 Å². The van der Waals surface area contributed by atoms with Crippen molar-refractivity contribution in [3.05, 3.63) is 53.7 Å². The third-order valence-electron chi connectivity index (χ3n) is 4.95. The summed E-state index contributed by atoms with van der Waals surface area (Å²) in [5, 5.41) is 9.42. The van der Waals surface area contributed by atoms with Crippen LogP contribution >= 0.6 is 0 Å². The number of ether oxygens (including phenoxy) is 3. The minimum absolute atomic E-state index is 0.170. The second-order valence-electron chi connectivity index (χ2n) is 6.78. The fourth-order valence-electron chi connectivity index (χ4n) is 3.52. The maximum Gasteiger partial charge on any atom is 0.282 e. The van der Waals surface area contributed by atoms with Crippen LogP contribution in [0.4, 0.5) is 5.69 Å². The highest BCUT2D eigenvalue weighted by Gasteiger charge is 2.42. The molecule has 0 bridgehead atoms. The predicted octanol–water partition coefficient (Wildman–Crippen LogP) is 2.31. The number of nitrogens with zero attached hydrogens (tertiary/aromatic N) is 2. The van der Waals surface area contributed by atoms with Gasteiger partial charge in [-0.05, 0) is 36.8 Å². The zero-order valence-electron chi connectivity index (χ0n) is 18.0. The Morgan fingerprint density at radius 2 is 1.68 bits per heavy atom. The number of imide groups is 1. The first-order valence-electron chi connectivity index (χ1n) is 9.87. The maximum absolute atomic E-state index is 13.6. The first-order chi connectivity index (χ1) is 15.0. The first kappa shape index (κ1) is 22.2. The second-order valence-corrected chi connectivity index (χ2v) is 6.78. The van der Waals surface area contributed by atoms with Crippen molar-refractivity contribution in [1.29, 1.82) is 0 Å². The summed E-state index contributed by atoms with van der Waals surface area (Å²) in [5.41, 5.74) is 1.28. The Bertz CT molecular complexity index is 1020. The molecule has 0 radical (unpaired) electrons. The van der Waals surface area contributed by atoms with E-state index in [1.54, 1.807) is 54.4 Å². The van der Waals surface area contributed by atoms with E-state index in [4.69, 9.17) is 14.2 Å². The van der Waals surface area contributed by atoms with Crippen LogP contribution in [0.1, 0.15) is 12.5 Å². The molecule has 3 rings (SSSR count). The number of carbonyl (C=O) groups excluding carboxylic acids is 2. The van der Waals surface area contributed by atoms with E-state index in [1.807, 2.05) is 6.92 Å². The summed E-state index contributed by atoms with van der Waals surface area (Å²) < 4.78 is 16.3. The highest BCUT2D eigenvalue weighted by Crippen LogP contribution is 2.40. The first-order valence-corrected chi connectivity index (χ1v) is 9.87. The molecule has 1 aliphatic heterocycles. The van der Waals surface area contributed by atoms with E-state index in [9.17, 15) is 14.7 Å². The minimum Gasteiger partial charge on any atom is -0.493 e. The summed E-state index contributed by atoms with van der Waals surface area (Å²) in [6, 6.07) is 11.9. The molecular weight excluding hydrogens is 400 g/mol. The summed E-state index contributed by atoms with van der Waals surface area (Å²) in [7, 11) is 4.68. The molecule has 1 N–H and O–H groups in total. The van der Waals surface area contributed by atoms with Gasteiger partial charge in [0, 0.05) is 13.6 Å². The lowest BCUT2D eigenvalue weighted by Crippen LogP contribution is -2.35. The van der Waals surface area contributed by atoms with Crippen molar-refractivity contribution in [3.8, 4) is 17.2 Å². The number of hydrogen-bond donors (Lipinski definition) is 1. The molecule has 1 heterocycles. The van der Waals surface area contributed by atoms with E-state index in [2.05, 4.69) is 0 Å². The molecule has 8 nitrogen and oxygen atoms in total. The SMILES string of the molecule is CCOc1ccccc1N1C(=O)C(c2ccc(OC)c(OC)c2)=C(N(C)CCO)C1=O. The number of rotatable bonds is 9. The molecule has 8 heteroatoms. The molecule has 2 aromatic carbocycles. The highest BCUT2D eigenvalue weighted by atomic mass is 16.5. The van der Waals surface area contributed by atoms with Gasteiger partial charge in [0.2, 0.25) is 0 Å². The maximum atomic E-state index is 13.6. The summed E-state index contributed by atoms with van der Waals surface area (Å²) in [5.74, 6) is 0.406. The predicted molar refractivity (Wildman–Crippen MR) is 116 cm³/mol. The topological polar surface area (TPSA) is 88.5 Å². The molecule has 0 spiro atoms. The minimum atomic E-state index is -0.488. The van der Waals surface area contributed by atoms with Crippen molar-refractivity contribution in [1.82, 2.24) is 4.90 Å². The highest BCUT2D eigenvalue weighted by molar-refractivity contribution is 6.45. The van der Waals surface area contributed by atoms with E-state index >= 15 is 0 Å². The van der Waals surface area contributed by atoms with Crippen molar-refractivity contribution in [2.75, 3.05) is 45.9 Å². The molecule has 2 amide bonds. The molecular formula is C23H26N2O6. The monoisotopic (exact) mass is 426 g/mol. The van der Waals surface area contributed by atoms with Gasteiger partial charge >= 0.3 is 0 Å². The van der Waals surface area contributed by atoms with Crippen LogP contribution in [0.3, 0.4) is 0 Å². The second kappa shape index (κ2) is 9.53. The van der Waals surface area contributed by atoms with Gasteiger partial charge in [-0.1, -0.05) is 18.2 Å². The van der Waals surface area contributed by atoms with Gasteiger partial charge in [0.05, 0.1) is 38.7 Å². The summed E-state index contributed by atoms with van der Waals surface area (Å²) in [4.78, 5) is 29.7. The number of aliphatic hydroxyl groups excluding tert-OH is 1. The van der Waals surface area contributed by atoms with Gasteiger partial charge in [-0.3, -0.25) is 9.59 Å². The Hall–Kier alpha value is -3.52. The van der Waals surface area contributed by atoms with Crippen LogP contribution in [0.15, 0.2) is 48.2 Å². The van der Waals surface area contributed by atoms with Gasteiger partial charge in [0.15, 0.2) is 11.5 Å². The van der Waals surface area contributed by atoms with E-state index in [1.165, 1.54) is 14.2 Å². The van der Waals surface area contributed by atoms with Crippen LogP contribution in [-0.2, 0) is 9.59 Å². The summed E-state index contributed by atoms with van der Waals surface area (Å²) in [6.45, 7) is 2.24. The van der Waals surface area contributed by atoms with E-state index in [0.29, 0.717) is 35.1 Å². The zero-order valence-corrected chi connectivity index (χ0v) is 18.0. The number of likely N-dealkylation sites (N-methyl/N-ethyl adjacent to an activating group) is 1. The number of anilines is 1. The molecule has 0 aliphatic carbocycles. The number of aliphatic hydroxyl groups is 1. The van der Waals surface area contributed by atoms with Crippen LogP contribution in [0.5, 0.6) is 17.2 Å². The Morgan fingerprint density at radius 1 is 0.968 bits per heavy atom. The number of benzene rings is 2. The quantitative estimate of drug-likeness (QED) is 0.616. The van der Waals surface area contributed by atoms with Crippen molar-refractivity contribution in [2.45, 2.75) is 6.92 Å². The molecule has 31 heavy (non-hydrogen) atoms. The Kier molecular flexibility index (Phi) is 6.81. The van der Waals surface area contributed by atoms with Crippen LogP contribution in [0.2, 0.25) is 0 Å². The standard InChI is InChI=1S/C23H26N2O6/c1-5-31-17-9-7-6-8-16(17)25-22(27)20(21(23(25)28)24(2)12-13-26)15-10-11-18(29-3)19(14-15)30-4/h6-11,14,26H,5,12-13H2,1-4H3. The molecule has 0 saturated heterocycles. The van der Waals surface area contributed by atoms with Crippen molar-refractivity contribution in [2.24, 2.45) is 0 Å². The average Bonchev–Trinajstić information content (AvgIpc) is 3.04. The van der Waals surface area contributed by atoms with Crippen molar-refractivity contribution in [3.63, 3.8) is 0 Å². The number of carbonyl (C=O) groups is 2. The lowest BCUT2D eigenvalue weighted by Gasteiger charge is -2.21. The van der Waals surface area contributed by atoms with E-state index in [-0.39, 0.29) is 24.4 Å².